The molecule has 3 rings (SSSR count). The van der Waals surface area contributed by atoms with Gasteiger partial charge in [-0.2, -0.15) is 0 Å². The lowest BCUT2D eigenvalue weighted by atomic mass is 9.97. The maximum atomic E-state index is 5.17. The summed E-state index contributed by atoms with van der Waals surface area (Å²) in [4.78, 5) is 4.15. The number of aromatic nitrogens is 1. The van der Waals surface area contributed by atoms with Crippen LogP contribution in [0.3, 0.4) is 0 Å². The zero-order valence-corrected chi connectivity index (χ0v) is 10.8. The first-order valence-corrected chi connectivity index (χ1v) is 6.77. The highest BCUT2D eigenvalue weighted by molar-refractivity contribution is 5.50. The highest BCUT2D eigenvalue weighted by atomic mass is 16.5. The van der Waals surface area contributed by atoms with Gasteiger partial charge in [0.05, 0.1) is 13.3 Å². The van der Waals surface area contributed by atoms with Crippen LogP contribution in [0.15, 0.2) is 24.5 Å². The summed E-state index contributed by atoms with van der Waals surface area (Å²) in [5.41, 5.74) is 1.11. The van der Waals surface area contributed by atoms with Gasteiger partial charge in [-0.05, 0) is 43.2 Å². The molecule has 3 heteroatoms. The number of hydrogen-bond acceptors (Lipinski definition) is 3. The summed E-state index contributed by atoms with van der Waals surface area (Å²) in [6, 6.07) is 3.50. The van der Waals surface area contributed by atoms with E-state index < -0.39 is 0 Å². The molecule has 2 heterocycles. The molecule has 96 valence electrons. The fraction of sp³-hybridized carbons (Fsp3) is 0.533. The van der Waals surface area contributed by atoms with E-state index in [0.29, 0.717) is 6.04 Å². The van der Waals surface area contributed by atoms with Crippen LogP contribution in [0.25, 0.3) is 6.08 Å². The Bertz CT molecular complexity index is 444. The minimum absolute atomic E-state index is 0.693. The van der Waals surface area contributed by atoms with Gasteiger partial charge in [0, 0.05) is 18.3 Å². The fourth-order valence-corrected chi connectivity index (χ4v) is 3.22. The van der Waals surface area contributed by atoms with Crippen molar-refractivity contribution >= 4 is 6.08 Å². The van der Waals surface area contributed by atoms with Gasteiger partial charge in [-0.3, -0.25) is 4.98 Å². The standard InChI is InChI=1S/C15H20N2O/c1-18-14-7-11(9-16-10-14)3-2-4-15-12-5-6-13(8-12)17-15/h2-3,7,9-10,12-13,15,17H,4-6,8H2,1H3. The number of nitrogens with zero attached hydrogens (tertiary/aromatic N) is 1. The number of fused-ring (bicyclic) bond motifs is 2. The Hall–Kier alpha value is -1.35. The van der Waals surface area contributed by atoms with Gasteiger partial charge in [0.25, 0.3) is 0 Å². The van der Waals surface area contributed by atoms with Crippen LogP contribution < -0.4 is 10.1 Å². The molecule has 1 aliphatic carbocycles. The Morgan fingerprint density at radius 3 is 3.11 bits per heavy atom. The SMILES string of the molecule is COc1cncc(C=CCC2NC3CCC2C3)c1. The molecule has 1 aromatic rings. The zero-order valence-electron chi connectivity index (χ0n) is 10.8. The highest BCUT2D eigenvalue weighted by Crippen LogP contribution is 2.36. The molecule has 1 saturated heterocycles. The van der Waals surface area contributed by atoms with Crippen LogP contribution in [0.4, 0.5) is 0 Å². The molecule has 18 heavy (non-hydrogen) atoms. The van der Waals surface area contributed by atoms with Crippen molar-refractivity contribution in [2.45, 2.75) is 37.8 Å². The van der Waals surface area contributed by atoms with E-state index in [1.807, 2.05) is 12.3 Å². The van der Waals surface area contributed by atoms with Crippen LogP contribution in [-0.4, -0.2) is 24.2 Å². The Morgan fingerprint density at radius 2 is 2.39 bits per heavy atom. The van der Waals surface area contributed by atoms with Crippen LogP contribution in [0.1, 0.15) is 31.2 Å². The minimum atomic E-state index is 0.693. The largest absolute Gasteiger partial charge is 0.495 e. The van der Waals surface area contributed by atoms with Crippen molar-refractivity contribution in [2.75, 3.05) is 7.11 Å². The normalized spacial score (nSPS) is 30.2. The predicted molar refractivity (Wildman–Crippen MR) is 72.5 cm³/mol. The quantitative estimate of drug-likeness (QED) is 0.884. The van der Waals surface area contributed by atoms with E-state index in [1.165, 1.54) is 19.3 Å². The maximum Gasteiger partial charge on any atom is 0.137 e. The monoisotopic (exact) mass is 244 g/mol. The average molecular weight is 244 g/mol. The van der Waals surface area contributed by atoms with Crippen molar-refractivity contribution in [3.8, 4) is 5.75 Å². The van der Waals surface area contributed by atoms with E-state index in [0.717, 1.165) is 29.7 Å². The molecule has 2 bridgehead atoms. The third kappa shape index (κ3) is 2.41. The van der Waals surface area contributed by atoms with Crippen LogP contribution >= 0.6 is 0 Å². The van der Waals surface area contributed by atoms with Crippen molar-refractivity contribution in [3.05, 3.63) is 30.1 Å². The molecule has 0 spiro atoms. The average Bonchev–Trinajstić information content (AvgIpc) is 3.01. The summed E-state index contributed by atoms with van der Waals surface area (Å²) in [6.07, 6.45) is 13.3. The van der Waals surface area contributed by atoms with Gasteiger partial charge in [-0.25, -0.2) is 0 Å². The van der Waals surface area contributed by atoms with E-state index in [1.54, 1.807) is 13.3 Å². The van der Waals surface area contributed by atoms with Gasteiger partial charge < -0.3 is 10.1 Å². The number of piperidine rings is 1. The second kappa shape index (κ2) is 5.11. The van der Waals surface area contributed by atoms with Crippen molar-refractivity contribution < 1.29 is 4.74 Å². The molecular weight excluding hydrogens is 224 g/mol. The smallest absolute Gasteiger partial charge is 0.137 e. The minimum Gasteiger partial charge on any atom is -0.495 e. The number of ether oxygens (including phenoxy) is 1. The molecule has 1 aliphatic heterocycles. The lowest BCUT2D eigenvalue weighted by Gasteiger charge is -2.21. The lowest BCUT2D eigenvalue weighted by molar-refractivity contribution is 0.384. The van der Waals surface area contributed by atoms with E-state index in [2.05, 4.69) is 22.5 Å². The summed E-state index contributed by atoms with van der Waals surface area (Å²) in [5.74, 6) is 1.72. The first kappa shape index (κ1) is 11.7. The molecule has 1 N–H and O–H groups in total. The van der Waals surface area contributed by atoms with Crippen molar-refractivity contribution in [3.63, 3.8) is 0 Å². The van der Waals surface area contributed by atoms with Gasteiger partial charge in [-0.15, -0.1) is 0 Å². The van der Waals surface area contributed by atoms with Crippen molar-refractivity contribution in [2.24, 2.45) is 5.92 Å². The first-order valence-electron chi connectivity index (χ1n) is 6.77. The number of hydrogen-bond donors (Lipinski definition) is 1. The summed E-state index contributed by atoms with van der Waals surface area (Å²) in [5, 5.41) is 3.71. The van der Waals surface area contributed by atoms with Crippen LogP contribution in [-0.2, 0) is 0 Å². The van der Waals surface area contributed by atoms with E-state index >= 15 is 0 Å². The second-order valence-electron chi connectivity index (χ2n) is 5.34. The Kier molecular flexibility index (Phi) is 3.33. The number of rotatable bonds is 4. The topological polar surface area (TPSA) is 34.1 Å². The molecule has 0 aromatic carbocycles. The van der Waals surface area contributed by atoms with Gasteiger partial charge in [0.1, 0.15) is 5.75 Å². The molecule has 3 nitrogen and oxygen atoms in total. The molecule has 1 saturated carbocycles. The van der Waals surface area contributed by atoms with E-state index in [9.17, 15) is 0 Å². The van der Waals surface area contributed by atoms with Gasteiger partial charge in [-0.1, -0.05) is 12.2 Å². The fourth-order valence-electron chi connectivity index (χ4n) is 3.22. The third-order valence-corrected chi connectivity index (χ3v) is 4.16. The highest BCUT2D eigenvalue weighted by Gasteiger charge is 2.37. The predicted octanol–water partition coefficient (Wildman–Crippen LogP) is 2.63. The van der Waals surface area contributed by atoms with Crippen LogP contribution in [0.5, 0.6) is 5.75 Å². The summed E-state index contributed by atoms with van der Waals surface area (Å²) in [7, 11) is 1.67. The van der Waals surface area contributed by atoms with Gasteiger partial charge >= 0.3 is 0 Å². The van der Waals surface area contributed by atoms with Crippen LogP contribution in [0, 0.1) is 5.92 Å². The summed E-state index contributed by atoms with van der Waals surface area (Å²) >= 11 is 0. The van der Waals surface area contributed by atoms with Crippen molar-refractivity contribution in [1.29, 1.82) is 0 Å². The Morgan fingerprint density at radius 1 is 1.44 bits per heavy atom. The third-order valence-electron chi connectivity index (χ3n) is 4.16. The second-order valence-corrected chi connectivity index (χ2v) is 5.34. The molecule has 3 atom stereocenters. The molecule has 3 unspecified atom stereocenters. The Labute approximate surface area is 108 Å². The van der Waals surface area contributed by atoms with E-state index in [4.69, 9.17) is 4.74 Å². The summed E-state index contributed by atoms with van der Waals surface area (Å²) < 4.78 is 5.17. The molecule has 0 amide bonds. The molecular formula is C15H20N2O. The molecule has 0 radical (unpaired) electrons. The zero-order chi connectivity index (χ0) is 12.4. The van der Waals surface area contributed by atoms with Crippen LogP contribution in [0.2, 0.25) is 0 Å². The molecule has 2 fully saturated rings. The number of pyridine rings is 1. The van der Waals surface area contributed by atoms with Gasteiger partial charge in [0.2, 0.25) is 0 Å². The maximum absolute atomic E-state index is 5.17. The van der Waals surface area contributed by atoms with E-state index in [-0.39, 0.29) is 0 Å². The van der Waals surface area contributed by atoms with Crippen molar-refractivity contribution in [1.82, 2.24) is 10.3 Å². The summed E-state index contributed by atoms with van der Waals surface area (Å²) in [6.45, 7) is 0. The lowest BCUT2D eigenvalue weighted by Crippen LogP contribution is -2.34. The number of methoxy groups -OCH3 is 1. The first-order chi connectivity index (χ1) is 8.85. The molecule has 1 aromatic heterocycles. The Balaban J connectivity index is 1.57. The number of nitrogens with one attached hydrogen (secondary N) is 1. The van der Waals surface area contributed by atoms with Gasteiger partial charge in [0.15, 0.2) is 0 Å². The molecule has 2 aliphatic rings.